The third kappa shape index (κ3) is 4.10. The van der Waals surface area contributed by atoms with Gasteiger partial charge < -0.3 is 10.4 Å². The van der Waals surface area contributed by atoms with Crippen LogP contribution in [0.5, 0.6) is 0 Å². The number of rotatable bonds is 6. The average molecular weight is 270 g/mol. The fourth-order valence-corrected chi connectivity index (χ4v) is 2.07. The van der Waals surface area contributed by atoms with Crippen LogP contribution in [0.3, 0.4) is 0 Å². The van der Waals surface area contributed by atoms with Crippen molar-refractivity contribution in [2.75, 3.05) is 6.54 Å². The molecule has 2 N–H and O–H groups in total. The summed E-state index contributed by atoms with van der Waals surface area (Å²) in [5, 5.41) is 14.5. The van der Waals surface area contributed by atoms with Crippen LogP contribution in [-0.2, 0) is 9.59 Å². The Morgan fingerprint density at radius 3 is 2.72 bits per heavy atom. The van der Waals surface area contributed by atoms with Crippen molar-refractivity contribution in [3.05, 3.63) is 16.6 Å². The number of aliphatic carboxylic acids is 1. The molecule has 0 spiro atoms. The van der Waals surface area contributed by atoms with Crippen molar-refractivity contribution in [3.63, 3.8) is 0 Å². The highest BCUT2D eigenvalue weighted by Gasteiger charge is 2.30. The molecule has 0 aliphatic heterocycles. The molecule has 6 heteroatoms. The summed E-state index contributed by atoms with van der Waals surface area (Å²) >= 11 is 1.54. The summed E-state index contributed by atoms with van der Waals surface area (Å²) in [6.07, 6.45) is 1.71. The van der Waals surface area contributed by atoms with Gasteiger partial charge in [-0.3, -0.25) is 9.59 Å². The molecule has 1 rings (SSSR count). The number of carbonyl (C=O) groups excluding carboxylic acids is 1. The second-order valence-electron chi connectivity index (χ2n) is 4.94. The minimum atomic E-state index is -1.03. The molecule has 0 radical (unpaired) electrons. The van der Waals surface area contributed by atoms with Crippen molar-refractivity contribution in [3.8, 4) is 0 Å². The number of thiazole rings is 1. The molecule has 0 bridgehead atoms. The molecular formula is C12H18N2O3S. The third-order valence-corrected chi connectivity index (χ3v) is 3.67. The number of carbonyl (C=O) groups is 2. The first-order chi connectivity index (χ1) is 8.33. The second-order valence-corrected chi connectivity index (χ2v) is 5.87. The standard InChI is InChI=1S/C12H18N2O3S/c1-8(10-13-4-5-18-10)7-14-9(15)6-12(2,3)11(16)17/h4-5,8H,6-7H2,1-3H3,(H,14,15)(H,16,17). The highest BCUT2D eigenvalue weighted by Crippen LogP contribution is 2.21. The van der Waals surface area contributed by atoms with Crippen LogP contribution >= 0.6 is 11.3 Å². The maximum atomic E-state index is 11.6. The summed E-state index contributed by atoms with van der Waals surface area (Å²) in [6, 6.07) is 0. The quantitative estimate of drug-likeness (QED) is 0.827. The van der Waals surface area contributed by atoms with Gasteiger partial charge in [0.25, 0.3) is 0 Å². The molecule has 1 amide bonds. The van der Waals surface area contributed by atoms with Gasteiger partial charge in [-0.15, -0.1) is 11.3 Å². The van der Waals surface area contributed by atoms with E-state index in [4.69, 9.17) is 5.11 Å². The van der Waals surface area contributed by atoms with Crippen LogP contribution in [0.25, 0.3) is 0 Å². The van der Waals surface area contributed by atoms with Gasteiger partial charge in [-0.25, -0.2) is 4.98 Å². The Labute approximate surface area is 110 Å². The lowest BCUT2D eigenvalue weighted by atomic mass is 9.89. The molecule has 0 saturated heterocycles. The van der Waals surface area contributed by atoms with Crippen LogP contribution in [-0.4, -0.2) is 28.5 Å². The van der Waals surface area contributed by atoms with Gasteiger partial charge in [0.15, 0.2) is 0 Å². The molecule has 1 aromatic rings. The molecule has 0 aliphatic rings. The molecule has 5 nitrogen and oxygen atoms in total. The lowest BCUT2D eigenvalue weighted by Gasteiger charge is -2.19. The number of nitrogens with zero attached hydrogens (tertiary/aromatic N) is 1. The minimum absolute atomic E-state index is 0.0209. The number of carboxylic acid groups (broad SMARTS) is 1. The zero-order valence-corrected chi connectivity index (χ0v) is 11.6. The van der Waals surface area contributed by atoms with Crippen LogP contribution in [0.2, 0.25) is 0 Å². The zero-order chi connectivity index (χ0) is 13.8. The molecule has 0 aromatic carbocycles. The maximum absolute atomic E-state index is 11.6. The van der Waals surface area contributed by atoms with E-state index < -0.39 is 11.4 Å². The molecule has 0 saturated carbocycles. The zero-order valence-electron chi connectivity index (χ0n) is 10.8. The molecule has 0 fully saturated rings. The van der Waals surface area contributed by atoms with Crippen molar-refractivity contribution in [1.82, 2.24) is 10.3 Å². The number of nitrogens with one attached hydrogen (secondary N) is 1. The Morgan fingerprint density at radius 1 is 1.56 bits per heavy atom. The summed E-state index contributed by atoms with van der Waals surface area (Å²) in [4.78, 5) is 26.7. The molecule has 1 aromatic heterocycles. The highest BCUT2D eigenvalue weighted by molar-refractivity contribution is 7.09. The molecule has 0 aliphatic carbocycles. The number of hydrogen-bond donors (Lipinski definition) is 2. The van der Waals surface area contributed by atoms with Crippen molar-refractivity contribution in [2.24, 2.45) is 5.41 Å². The van der Waals surface area contributed by atoms with Crippen LogP contribution in [0, 0.1) is 5.41 Å². The van der Waals surface area contributed by atoms with Gasteiger partial charge in [0, 0.05) is 30.5 Å². The van der Waals surface area contributed by atoms with Crippen molar-refractivity contribution < 1.29 is 14.7 Å². The monoisotopic (exact) mass is 270 g/mol. The molecule has 1 unspecified atom stereocenters. The van der Waals surface area contributed by atoms with E-state index in [1.165, 1.54) is 0 Å². The fourth-order valence-electron chi connectivity index (χ4n) is 1.37. The number of aromatic nitrogens is 1. The van der Waals surface area contributed by atoms with Gasteiger partial charge in [0.2, 0.25) is 5.91 Å². The Balaban J connectivity index is 2.40. The Kier molecular flexibility index (Phi) is 4.84. The lowest BCUT2D eigenvalue weighted by Crippen LogP contribution is -2.34. The number of hydrogen-bond acceptors (Lipinski definition) is 4. The summed E-state index contributed by atoms with van der Waals surface area (Å²) in [5.74, 6) is -1.07. The molecular weight excluding hydrogens is 252 g/mol. The van der Waals surface area contributed by atoms with Gasteiger partial charge in [0.05, 0.1) is 10.4 Å². The van der Waals surface area contributed by atoms with Gasteiger partial charge >= 0.3 is 5.97 Å². The van der Waals surface area contributed by atoms with Gasteiger partial charge in [-0.1, -0.05) is 6.92 Å². The molecule has 1 heterocycles. The number of amides is 1. The van der Waals surface area contributed by atoms with Crippen LogP contribution in [0.15, 0.2) is 11.6 Å². The maximum Gasteiger partial charge on any atom is 0.309 e. The van der Waals surface area contributed by atoms with E-state index in [0.717, 1.165) is 5.01 Å². The van der Waals surface area contributed by atoms with E-state index >= 15 is 0 Å². The van der Waals surface area contributed by atoms with E-state index in [2.05, 4.69) is 10.3 Å². The number of carboxylic acids is 1. The summed E-state index contributed by atoms with van der Waals surface area (Å²) in [6.45, 7) is 5.53. The third-order valence-electron chi connectivity index (χ3n) is 2.66. The Morgan fingerprint density at radius 2 is 2.22 bits per heavy atom. The van der Waals surface area contributed by atoms with Gasteiger partial charge in [-0.05, 0) is 13.8 Å². The summed E-state index contributed by atoms with van der Waals surface area (Å²) < 4.78 is 0. The topological polar surface area (TPSA) is 79.3 Å². The summed E-state index contributed by atoms with van der Waals surface area (Å²) in [7, 11) is 0. The van der Waals surface area contributed by atoms with Gasteiger partial charge in [0.1, 0.15) is 0 Å². The largest absolute Gasteiger partial charge is 0.481 e. The smallest absolute Gasteiger partial charge is 0.309 e. The van der Waals surface area contributed by atoms with Crippen molar-refractivity contribution in [2.45, 2.75) is 33.1 Å². The van der Waals surface area contributed by atoms with Crippen LogP contribution < -0.4 is 5.32 Å². The van der Waals surface area contributed by atoms with Crippen molar-refractivity contribution in [1.29, 1.82) is 0 Å². The van der Waals surface area contributed by atoms with E-state index in [1.54, 1.807) is 31.4 Å². The first-order valence-corrected chi connectivity index (χ1v) is 6.60. The predicted molar refractivity (Wildman–Crippen MR) is 69.6 cm³/mol. The molecule has 18 heavy (non-hydrogen) atoms. The lowest BCUT2D eigenvalue weighted by molar-refractivity contribution is -0.149. The molecule has 1 atom stereocenters. The highest BCUT2D eigenvalue weighted by atomic mass is 32.1. The SMILES string of the molecule is CC(CNC(=O)CC(C)(C)C(=O)O)c1nccs1. The first-order valence-electron chi connectivity index (χ1n) is 5.72. The normalized spacial score (nSPS) is 13.1. The second kappa shape index (κ2) is 5.95. The van der Waals surface area contributed by atoms with E-state index in [0.29, 0.717) is 6.54 Å². The van der Waals surface area contributed by atoms with E-state index in [9.17, 15) is 9.59 Å². The molecule has 100 valence electrons. The predicted octanol–water partition coefficient (Wildman–Crippen LogP) is 1.86. The van der Waals surface area contributed by atoms with E-state index in [1.807, 2.05) is 12.3 Å². The van der Waals surface area contributed by atoms with Gasteiger partial charge in [-0.2, -0.15) is 0 Å². The minimum Gasteiger partial charge on any atom is -0.481 e. The Bertz CT molecular complexity index is 415. The van der Waals surface area contributed by atoms with E-state index in [-0.39, 0.29) is 18.2 Å². The summed E-state index contributed by atoms with van der Waals surface area (Å²) in [5.41, 5.74) is -1.03. The Hall–Kier alpha value is -1.43. The van der Waals surface area contributed by atoms with Crippen LogP contribution in [0.4, 0.5) is 0 Å². The first kappa shape index (κ1) is 14.6. The van der Waals surface area contributed by atoms with Crippen LogP contribution in [0.1, 0.15) is 38.1 Å². The fraction of sp³-hybridized carbons (Fsp3) is 0.583. The average Bonchev–Trinajstić information content (AvgIpc) is 2.78. The van der Waals surface area contributed by atoms with Crippen molar-refractivity contribution >= 4 is 23.2 Å².